The van der Waals surface area contributed by atoms with E-state index in [1.807, 2.05) is 6.07 Å². The van der Waals surface area contributed by atoms with E-state index in [9.17, 15) is 4.79 Å². The highest BCUT2D eigenvalue weighted by atomic mass is 79.9. The molecular weight excluding hydrogens is 274 g/mol. The van der Waals surface area contributed by atoms with E-state index in [-0.39, 0.29) is 5.56 Å². The van der Waals surface area contributed by atoms with Gasteiger partial charge in [-0.05, 0) is 22.0 Å². The van der Waals surface area contributed by atoms with Crippen LogP contribution in [-0.4, -0.2) is 29.7 Å². The molecule has 0 spiro atoms. The van der Waals surface area contributed by atoms with Gasteiger partial charge in [0.1, 0.15) is 11.4 Å². The van der Waals surface area contributed by atoms with Gasteiger partial charge in [-0.2, -0.15) is 5.26 Å². The molecule has 1 heterocycles. The van der Waals surface area contributed by atoms with Gasteiger partial charge in [-0.3, -0.25) is 0 Å². The van der Waals surface area contributed by atoms with Gasteiger partial charge < -0.3 is 10.0 Å². The zero-order chi connectivity index (χ0) is 12.1. The molecule has 16 heavy (non-hydrogen) atoms. The first kappa shape index (κ1) is 12.5. The fourth-order valence-electron chi connectivity index (χ4n) is 1.22. The minimum atomic E-state index is -1.03. The van der Waals surface area contributed by atoms with Crippen molar-refractivity contribution in [1.29, 1.82) is 5.26 Å². The van der Waals surface area contributed by atoms with Crippen LogP contribution in [-0.2, 0) is 0 Å². The van der Waals surface area contributed by atoms with Gasteiger partial charge in [0.05, 0.1) is 12.5 Å². The monoisotopic (exact) mass is 283 g/mol. The number of nitrogens with zero attached hydrogens (tertiary/aromatic N) is 3. The zero-order valence-corrected chi connectivity index (χ0v) is 10.2. The number of anilines is 1. The topological polar surface area (TPSA) is 77.2 Å². The number of carboxylic acids is 1. The SMILES string of the molecule is CN(CCC#N)c1ncc(Br)cc1C(=O)O. The van der Waals surface area contributed by atoms with Crippen LogP contribution >= 0.6 is 15.9 Å². The lowest BCUT2D eigenvalue weighted by molar-refractivity contribution is 0.0697. The van der Waals surface area contributed by atoms with E-state index in [0.717, 1.165) is 0 Å². The molecular formula is C10H10BrN3O2. The number of nitriles is 1. The molecule has 0 atom stereocenters. The van der Waals surface area contributed by atoms with Crippen molar-refractivity contribution in [2.45, 2.75) is 6.42 Å². The molecule has 0 aliphatic carbocycles. The molecule has 6 heteroatoms. The van der Waals surface area contributed by atoms with Crippen LogP contribution in [0.25, 0.3) is 0 Å². The maximum atomic E-state index is 11.0. The van der Waals surface area contributed by atoms with Gasteiger partial charge in [0.25, 0.3) is 0 Å². The number of aromatic carboxylic acids is 1. The van der Waals surface area contributed by atoms with Crippen molar-refractivity contribution in [1.82, 2.24) is 4.98 Å². The molecule has 0 saturated carbocycles. The average molecular weight is 284 g/mol. The van der Waals surface area contributed by atoms with Crippen LogP contribution in [0.5, 0.6) is 0 Å². The first-order valence-corrected chi connectivity index (χ1v) is 5.32. The van der Waals surface area contributed by atoms with Crippen molar-refractivity contribution >= 4 is 27.7 Å². The number of carbonyl (C=O) groups is 1. The summed E-state index contributed by atoms with van der Waals surface area (Å²) in [5, 5.41) is 17.5. The lowest BCUT2D eigenvalue weighted by Crippen LogP contribution is -2.22. The maximum absolute atomic E-state index is 11.0. The van der Waals surface area contributed by atoms with Gasteiger partial charge >= 0.3 is 5.97 Å². The molecule has 0 saturated heterocycles. The Morgan fingerprint density at radius 2 is 2.44 bits per heavy atom. The van der Waals surface area contributed by atoms with Crippen molar-refractivity contribution in [2.24, 2.45) is 0 Å². The Hall–Kier alpha value is -1.61. The van der Waals surface area contributed by atoms with Crippen LogP contribution < -0.4 is 4.90 Å². The van der Waals surface area contributed by atoms with Crippen LogP contribution in [0.4, 0.5) is 5.82 Å². The van der Waals surface area contributed by atoms with E-state index in [1.165, 1.54) is 12.3 Å². The number of pyridine rings is 1. The Bertz CT molecular complexity index is 442. The third kappa shape index (κ3) is 2.94. The van der Waals surface area contributed by atoms with Crippen molar-refractivity contribution in [2.75, 3.05) is 18.5 Å². The minimum absolute atomic E-state index is 0.120. The summed E-state index contributed by atoms with van der Waals surface area (Å²) in [6, 6.07) is 3.50. The molecule has 84 valence electrons. The molecule has 1 aromatic heterocycles. The van der Waals surface area contributed by atoms with E-state index < -0.39 is 5.97 Å². The van der Waals surface area contributed by atoms with Crippen LogP contribution in [0.2, 0.25) is 0 Å². The predicted octanol–water partition coefficient (Wildman–Crippen LogP) is 1.89. The number of rotatable bonds is 4. The fourth-order valence-corrected chi connectivity index (χ4v) is 1.55. The largest absolute Gasteiger partial charge is 0.478 e. The molecule has 0 aromatic carbocycles. The molecule has 0 aliphatic heterocycles. The van der Waals surface area contributed by atoms with Crippen molar-refractivity contribution in [3.63, 3.8) is 0 Å². The Morgan fingerprint density at radius 3 is 3.00 bits per heavy atom. The number of hydrogen-bond donors (Lipinski definition) is 1. The first-order chi connectivity index (χ1) is 7.56. The van der Waals surface area contributed by atoms with Crippen molar-refractivity contribution < 1.29 is 9.90 Å². The highest BCUT2D eigenvalue weighted by molar-refractivity contribution is 9.10. The van der Waals surface area contributed by atoms with Gasteiger partial charge in [-0.15, -0.1) is 0 Å². The van der Waals surface area contributed by atoms with Crippen LogP contribution in [0, 0.1) is 11.3 Å². The second kappa shape index (κ2) is 5.47. The summed E-state index contributed by atoms with van der Waals surface area (Å²) in [6.45, 7) is 0.450. The predicted molar refractivity (Wildman–Crippen MR) is 62.4 cm³/mol. The molecule has 0 aliphatic rings. The summed E-state index contributed by atoms with van der Waals surface area (Å²) >= 11 is 3.17. The smallest absolute Gasteiger partial charge is 0.339 e. The quantitative estimate of drug-likeness (QED) is 0.913. The Morgan fingerprint density at radius 1 is 1.75 bits per heavy atom. The Balaban J connectivity index is 3.03. The first-order valence-electron chi connectivity index (χ1n) is 4.53. The van der Waals surface area contributed by atoms with E-state index >= 15 is 0 Å². The lowest BCUT2D eigenvalue weighted by atomic mass is 10.2. The van der Waals surface area contributed by atoms with Crippen LogP contribution in [0.15, 0.2) is 16.7 Å². The number of halogens is 1. The van der Waals surface area contributed by atoms with Crippen LogP contribution in [0.3, 0.4) is 0 Å². The van der Waals surface area contributed by atoms with Gasteiger partial charge in [-0.1, -0.05) is 0 Å². The molecule has 0 radical (unpaired) electrons. The Labute approximate surface area is 101 Å². The highest BCUT2D eigenvalue weighted by Crippen LogP contribution is 2.20. The summed E-state index contributed by atoms with van der Waals surface area (Å²) in [4.78, 5) is 16.7. The average Bonchev–Trinajstić information content (AvgIpc) is 2.25. The molecule has 0 unspecified atom stereocenters. The van der Waals surface area contributed by atoms with Crippen molar-refractivity contribution in [3.8, 4) is 6.07 Å². The fraction of sp³-hybridized carbons (Fsp3) is 0.300. The highest BCUT2D eigenvalue weighted by Gasteiger charge is 2.15. The summed E-state index contributed by atoms with van der Waals surface area (Å²) in [6.07, 6.45) is 1.86. The normalized spacial score (nSPS) is 9.56. The summed E-state index contributed by atoms with van der Waals surface area (Å²) in [5.74, 6) is -0.668. The Kier molecular flexibility index (Phi) is 4.26. The van der Waals surface area contributed by atoms with Crippen molar-refractivity contribution in [3.05, 3.63) is 22.3 Å². The molecule has 1 aromatic rings. The van der Waals surface area contributed by atoms with Gasteiger partial charge in [0.15, 0.2) is 0 Å². The second-order valence-electron chi connectivity index (χ2n) is 3.16. The van der Waals surface area contributed by atoms with E-state index in [2.05, 4.69) is 20.9 Å². The van der Waals surface area contributed by atoms with Gasteiger partial charge in [0, 0.05) is 24.3 Å². The van der Waals surface area contributed by atoms with Crippen LogP contribution in [0.1, 0.15) is 16.8 Å². The lowest BCUT2D eigenvalue weighted by Gasteiger charge is -2.18. The molecule has 5 nitrogen and oxygen atoms in total. The third-order valence-corrected chi connectivity index (χ3v) is 2.42. The molecule has 1 N–H and O–H groups in total. The standard InChI is InChI=1S/C10H10BrN3O2/c1-14(4-2-3-12)9-8(10(15)16)5-7(11)6-13-9/h5-6H,2,4H2,1H3,(H,15,16). The number of aromatic nitrogens is 1. The van der Waals surface area contributed by atoms with E-state index in [1.54, 1.807) is 11.9 Å². The summed E-state index contributed by atoms with van der Waals surface area (Å²) < 4.78 is 0.613. The van der Waals surface area contributed by atoms with E-state index in [0.29, 0.717) is 23.3 Å². The van der Waals surface area contributed by atoms with Gasteiger partial charge in [-0.25, -0.2) is 9.78 Å². The summed E-state index contributed by atoms with van der Waals surface area (Å²) in [7, 11) is 1.71. The number of hydrogen-bond acceptors (Lipinski definition) is 4. The molecule has 0 amide bonds. The molecule has 1 rings (SSSR count). The summed E-state index contributed by atoms with van der Waals surface area (Å²) in [5.41, 5.74) is 0.120. The third-order valence-electron chi connectivity index (χ3n) is 1.98. The molecule has 0 fully saturated rings. The minimum Gasteiger partial charge on any atom is -0.478 e. The molecule has 0 bridgehead atoms. The number of carboxylic acid groups (broad SMARTS) is 1. The second-order valence-corrected chi connectivity index (χ2v) is 4.08. The van der Waals surface area contributed by atoms with Gasteiger partial charge in [0.2, 0.25) is 0 Å². The maximum Gasteiger partial charge on any atom is 0.339 e. The zero-order valence-electron chi connectivity index (χ0n) is 8.64. The van der Waals surface area contributed by atoms with E-state index in [4.69, 9.17) is 10.4 Å².